The van der Waals surface area contributed by atoms with Crippen LogP contribution in [0.2, 0.25) is 0 Å². The summed E-state index contributed by atoms with van der Waals surface area (Å²) in [7, 11) is 3.25. The fourth-order valence-electron chi connectivity index (χ4n) is 1.27. The van der Waals surface area contributed by atoms with Gasteiger partial charge in [-0.05, 0) is 18.7 Å². The lowest BCUT2D eigenvalue weighted by Crippen LogP contribution is -2.03. The number of nitrogens with zero attached hydrogens (tertiary/aromatic N) is 1. The first-order valence-corrected chi connectivity index (χ1v) is 4.82. The second kappa shape index (κ2) is 5.87. The van der Waals surface area contributed by atoms with E-state index in [0.717, 1.165) is 12.1 Å². The Morgan fingerprint density at radius 1 is 1.56 bits per heavy atom. The maximum absolute atomic E-state index is 10.8. The fraction of sp³-hybridized carbons (Fsp3) is 0.273. The van der Waals surface area contributed by atoms with E-state index in [1.165, 1.54) is 13.2 Å². The zero-order valence-corrected chi connectivity index (χ0v) is 9.27. The summed E-state index contributed by atoms with van der Waals surface area (Å²) < 4.78 is 4.91. The molecule has 0 atom stereocenters. The molecular formula is C11H14N2O3. The van der Waals surface area contributed by atoms with Gasteiger partial charge in [0.15, 0.2) is 5.75 Å². The fourth-order valence-corrected chi connectivity index (χ4v) is 1.27. The van der Waals surface area contributed by atoms with Crippen LogP contribution in [-0.4, -0.2) is 25.6 Å². The van der Waals surface area contributed by atoms with Crippen molar-refractivity contribution in [3.8, 4) is 5.75 Å². The summed E-state index contributed by atoms with van der Waals surface area (Å²) in [6.45, 7) is 0.722. The number of nitro groups is 1. The molecule has 0 radical (unpaired) electrons. The largest absolute Gasteiger partial charge is 0.490 e. The Morgan fingerprint density at radius 3 is 2.88 bits per heavy atom. The number of hydrogen-bond acceptors (Lipinski definition) is 4. The normalized spacial score (nSPS) is 10.6. The molecule has 5 heteroatoms. The topological polar surface area (TPSA) is 64.4 Å². The third kappa shape index (κ3) is 3.06. The number of likely N-dealkylation sites (N-methyl/N-ethyl adjacent to an activating group) is 1. The van der Waals surface area contributed by atoms with Crippen LogP contribution in [0.15, 0.2) is 24.3 Å². The highest BCUT2D eigenvalue weighted by atomic mass is 16.6. The lowest BCUT2D eigenvalue weighted by atomic mass is 10.1. The SMILES string of the molecule is CNCC=Cc1ccc(OC)c([N+](=O)[O-])c1. The lowest BCUT2D eigenvalue weighted by Gasteiger charge is -2.02. The van der Waals surface area contributed by atoms with Crippen LogP contribution in [0.25, 0.3) is 6.08 Å². The zero-order chi connectivity index (χ0) is 12.0. The Balaban J connectivity index is 2.98. The van der Waals surface area contributed by atoms with Gasteiger partial charge in [-0.2, -0.15) is 0 Å². The van der Waals surface area contributed by atoms with Crippen LogP contribution >= 0.6 is 0 Å². The molecule has 0 aliphatic carbocycles. The number of hydrogen-bond donors (Lipinski definition) is 1. The number of methoxy groups -OCH3 is 1. The van der Waals surface area contributed by atoms with Crippen LogP contribution in [0, 0.1) is 10.1 Å². The molecule has 0 saturated heterocycles. The third-order valence-corrected chi connectivity index (χ3v) is 2.03. The highest BCUT2D eigenvalue weighted by molar-refractivity contribution is 5.58. The molecule has 0 spiro atoms. The van der Waals surface area contributed by atoms with Crippen LogP contribution < -0.4 is 10.1 Å². The van der Waals surface area contributed by atoms with Crippen molar-refractivity contribution in [3.63, 3.8) is 0 Å². The van der Waals surface area contributed by atoms with Gasteiger partial charge >= 0.3 is 5.69 Å². The van der Waals surface area contributed by atoms with Crippen molar-refractivity contribution in [3.05, 3.63) is 40.0 Å². The number of nitro benzene ring substituents is 1. The van der Waals surface area contributed by atoms with Crippen molar-refractivity contribution in [2.45, 2.75) is 0 Å². The zero-order valence-electron chi connectivity index (χ0n) is 9.27. The predicted octanol–water partition coefficient (Wildman–Crippen LogP) is 1.84. The standard InChI is InChI=1S/C11H14N2O3/c1-12-7-3-4-9-5-6-11(16-2)10(8-9)13(14)15/h3-6,8,12H,7H2,1-2H3. The van der Waals surface area contributed by atoms with Crippen molar-refractivity contribution >= 4 is 11.8 Å². The minimum atomic E-state index is -0.450. The Kier molecular flexibility index (Phi) is 4.47. The van der Waals surface area contributed by atoms with E-state index in [9.17, 15) is 10.1 Å². The molecule has 0 saturated carbocycles. The van der Waals surface area contributed by atoms with Crippen molar-refractivity contribution in [2.75, 3.05) is 20.7 Å². The molecule has 0 heterocycles. The minimum Gasteiger partial charge on any atom is -0.490 e. The van der Waals surface area contributed by atoms with E-state index in [1.807, 2.05) is 19.2 Å². The van der Waals surface area contributed by atoms with E-state index < -0.39 is 4.92 Å². The summed E-state index contributed by atoms with van der Waals surface area (Å²) in [5.41, 5.74) is 0.761. The molecule has 1 N–H and O–H groups in total. The second-order valence-corrected chi connectivity index (χ2v) is 3.15. The molecule has 0 aromatic heterocycles. The first kappa shape index (κ1) is 12.2. The first-order chi connectivity index (χ1) is 7.69. The molecule has 16 heavy (non-hydrogen) atoms. The van der Waals surface area contributed by atoms with Gasteiger partial charge in [0, 0.05) is 12.6 Å². The maximum Gasteiger partial charge on any atom is 0.311 e. The number of rotatable bonds is 5. The molecule has 0 unspecified atom stereocenters. The molecule has 1 rings (SSSR count). The second-order valence-electron chi connectivity index (χ2n) is 3.15. The summed E-state index contributed by atoms with van der Waals surface area (Å²) in [6.07, 6.45) is 3.72. The van der Waals surface area contributed by atoms with Crippen LogP contribution in [0.1, 0.15) is 5.56 Å². The van der Waals surface area contributed by atoms with E-state index in [2.05, 4.69) is 5.32 Å². The molecule has 0 aliphatic heterocycles. The van der Waals surface area contributed by atoms with Crippen molar-refractivity contribution in [1.29, 1.82) is 0 Å². The van der Waals surface area contributed by atoms with Crippen molar-refractivity contribution < 1.29 is 9.66 Å². The van der Waals surface area contributed by atoms with Crippen LogP contribution in [0.3, 0.4) is 0 Å². The van der Waals surface area contributed by atoms with Gasteiger partial charge in [-0.25, -0.2) is 0 Å². The summed E-state index contributed by atoms with van der Waals surface area (Å²) in [6, 6.07) is 4.86. The maximum atomic E-state index is 10.8. The quantitative estimate of drug-likeness (QED) is 0.609. The van der Waals surface area contributed by atoms with Crippen molar-refractivity contribution in [1.82, 2.24) is 5.32 Å². The van der Waals surface area contributed by atoms with E-state index in [-0.39, 0.29) is 11.4 Å². The Labute approximate surface area is 93.9 Å². The molecular weight excluding hydrogens is 208 g/mol. The average molecular weight is 222 g/mol. The molecule has 0 aliphatic rings. The number of ether oxygens (including phenoxy) is 1. The Morgan fingerprint density at radius 2 is 2.31 bits per heavy atom. The van der Waals surface area contributed by atoms with Gasteiger partial charge in [-0.3, -0.25) is 10.1 Å². The van der Waals surface area contributed by atoms with E-state index >= 15 is 0 Å². The predicted molar refractivity (Wildman–Crippen MR) is 62.6 cm³/mol. The van der Waals surface area contributed by atoms with Crippen LogP contribution in [0.5, 0.6) is 5.75 Å². The van der Waals surface area contributed by atoms with Crippen molar-refractivity contribution in [2.24, 2.45) is 0 Å². The summed E-state index contributed by atoms with van der Waals surface area (Å²) in [5, 5.41) is 13.7. The first-order valence-electron chi connectivity index (χ1n) is 4.82. The third-order valence-electron chi connectivity index (χ3n) is 2.03. The van der Waals surface area contributed by atoms with Gasteiger partial charge in [0.25, 0.3) is 0 Å². The summed E-state index contributed by atoms with van der Waals surface area (Å²) >= 11 is 0. The van der Waals surface area contributed by atoms with Gasteiger partial charge in [0.05, 0.1) is 12.0 Å². The number of benzene rings is 1. The van der Waals surface area contributed by atoms with Gasteiger partial charge in [0.1, 0.15) is 0 Å². The minimum absolute atomic E-state index is 0.0193. The Bertz CT molecular complexity index is 402. The summed E-state index contributed by atoms with van der Waals surface area (Å²) in [4.78, 5) is 10.3. The highest BCUT2D eigenvalue weighted by Crippen LogP contribution is 2.27. The molecule has 1 aromatic rings. The van der Waals surface area contributed by atoms with E-state index in [0.29, 0.717) is 0 Å². The molecule has 0 amide bonds. The van der Waals surface area contributed by atoms with Crippen LogP contribution in [-0.2, 0) is 0 Å². The molecule has 0 fully saturated rings. The van der Waals surface area contributed by atoms with Gasteiger partial charge in [0.2, 0.25) is 0 Å². The lowest BCUT2D eigenvalue weighted by molar-refractivity contribution is -0.385. The van der Waals surface area contributed by atoms with Gasteiger partial charge in [-0.1, -0.05) is 18.2 Å². The van der Waals surface area contributed by atoms with Gasteiger partial charge < -0.3 is 10.1 Å². The molecule has 86 valence electrons. The summed E-state index contributed by atoms with van der Waals surface area (Å²) in [5.74, 6) is 0.274. The highest BCUT2D eigenvalue weighted by Gasteiger charge is 2.13. The smallest absolute Gasteiger partial charge is 0.311 e. The average Bonchev–Trinajstić information content (AvgIpc) is 2.29. The molecule has 0 bridgehead atoms. The monoisotopic (exact) mass is 222 g/mol. The van der Waals surface area contributed by atoms with Gasteiger partial charge in [-0.15, -0.1) is 0 Å². The van der Waals surface area contributed by atoms with E-state index in [1.54, 1.807) is 12.1 Å². The van der Waals surface area contributed by atoms with E-state index in [4.69, 9.17) is 4.74 Å². The molecule has 5 nitrogen and oxygen atoms in total. The molecule has 1 aromatic carbocycles. The Hall–Kier alpha value is -1.88. The van der Waals surface area contributed by atoms with Crippen LogP contribution in [0.4, 0.5) is 5.69 Å². The number of nitrogens with one attached hydrogen (secondary N) is 1.